The first-order valence-corrected chi connectivity index (χ1v) is 7.24. The van der Waals surface area contributed by atoms with Crippen LogP contribution in [0.4, 0.5) is 0 Å². The average molecular weight is 250 g/mol. The topological polar surface area (TPSA) is 29.3 Å². The minimum absolute atomic E-state index is 0.290. The van der Waals surface area contributed by atoms with Crippen LogP contribution >= 0.6 is 0 Å². The lowest BCUT2D eigenvalue weighted by Crippen LogP contribution is -2.49. The molecule has 0 radical (unpaired) electrons. The first kappa shape index (κ1) is 15.3. The van der Waals surface area contributed by atoms with Gasteiger partial charge in [0.05, 0.1) is 0 Å². The van der Waals surface area contributed by atoms with Crippen LogP contribution in [0.1, 0.15) is 54.4 Å². The molecule has 0 aromatic rings. The number of nitrogens with two attached hydrogens (primary N) is 1. The third-order valence-electron chi connectivity index (χ3n) is 4.71. The van der Waals surface area contributed by atoms with Crippen LogP contribution < -0.4 is 5.73 Å². The maximum Gasteiger partial charge on any atom is 0.0243 e. The van der Waals surface area contributed by atoms with Gasteiger partial charge in [-0.1, -0.05) is 33.3 Å². The van der Waals surface area contributed by atoms with Gasteiger partial charge in [0.25, 0.3) is 0 Å². The largest absolute Gasteiger partial charge is 0.402 e. The first-order valence-electron chi connectivity index (χ1n) is 7.24. The molecular formula is C16H30N2. The van der Waals surface area contributed by atoms with Gasteiger partial charge in [0.15, 0.2) is 0 Å². The van der Waals surface area contributed by atoms with Gasteiger partial charge in [0.2, 0.25) is 0 Å². The van der Waals surface area contributed by atoms with E-state index in [4.69, 9.17) is 5.73 Å². The average Bonchev–Trinajstić information content (AvgIpc) is 2.70. The lowest BCUT2D eigenvalue weighted by Gasteiger charge is -2.42. The summed E-state index contributed by atoms with van der Waals surface area (Å²) in [4.78, 5) is 2.63. The predicted octanol–water partition coefficient (Wildman–Crippen LogP) is 3.70. The van der Waals surface area contributed by atoms with Gasteiger partial charge >= 0.3 is 0 Å². The number of nitrogens with zero attached hydrogens (tertiary/aromatic N) is 1. The van der Waals surface area contributed by atoms with E-state index < -0.39 is 0 Å². The van der Waals surface area contributed by atoms with Gasteiger partial charge in [-0.15, -0.1) is 0 Å². The molecule has 0 aliphatic carbocycles. The van der Waals surface area contributed by atoms with Crippen LogP contribution in [0.5, 0.6) is 0 Å². The summed E-state index contributed by atoms with van der Waals surface area (Å²) in [6.45, 7) is 15.7. The lowest BCUT2D eigenvalue weighted by atomic mass is 9.84. The molecule has 2 heteroatoms. The molecule has 1 rings (SSSR count). The molecule has 0 fully saturated rings. The van der Waals surface area contributed by atoms with E-state index in [0.29, 0.717) is 11.5 Å². The fourth-order valence-corrected chi connectivity index (χ4v) is 2.82. The number of hydrogen-bond acceptors (Lipinski definition) is 2. The monoisotopic (exact) mass is 250 g/mol. The third kappa shape index (κ3) is 2.97. The number of allylic oxidation sites excluding steroid dienone is 1. The maximum absolute atomic E-state index is 5.84. The van der Waals surface area contributed by atoms with E-state index in [1.54, 1.807) is 5.57 Å². The quantitative estimate of drug-likeness (QED) is 0.806. The van der Waals surface area contributed by atoms with Crippen LogP contribution in [0, 0.1) is 5.92 Å². The summed E-state index contributed by atoms with van der Waals surface area (Å²) < 4.78 is 0. The zero-order valence-electron chi connectivity index (χ0n) is 13.0. The van der Waals surface area contributed by atoms with E-state index in [2.05, 4.69) is 45.6 Å². The van der Waals surface area contributed by atoms with Crippen molar-refractivity contribution in [1.29, 1.82) is 0 Å². The molecule has 18 heavy (non-hydrogen) atoms. The van der Waals surface area contributed by atoms with Crippen LogP contribution in [0.2, 0.25) is 0 Å². The highest BCUT2D eigenvalue weighted by Gasteiger charge is 2.36. The standard InChI is InChI=1S/C16H30N2/c1-7-14-10-18(11-15(14)9-13(5)17)16(6,8-2)12(3)4/h9,12H,7-8,10-11,17H2,1-6H3/b13-9-. The first-order chi connectivity index (χ1) is 8.35. The Morgan fingerprint density at radius 3 is 2.39 bits per heavy atom. The van der Waals surface area contributed by atoms with Crippen molar-refractivity contribution in [3.63, 3.8) is 0 Å². The van der Waals surface area contributed by atoms with Crippen LogP contribution in [0.15, 0.2) is 22.9 Å². The third-order valence-corrected chi connectivity index (χ3v) is 4.71. The van der Waals surface area contributed by atoms with E-state index in [1.165, 1.54) is 12.0 Å². The molecule has 0 amide bonds. The second-order valence-electron chi connectivity index (χ2n) is 6.09. The van der Waals surface area contributed by atoms with E-state index in [0.717, 1.165) is 25.2 Å². The van der Waals surface area contributed by atoms with Crippen LogP contribution in [0.3, 0.4) is 0 Å². The summed E-state index contributed by atoms with van der Waals surface area (Å²) in [7, 11) is 0. The Balaban J connectivity index is 2.93. The Kier molecular flexibility index (Phi) is 5.03. The zero-order chi connectivity index (χ0) is 13.9. The fraction of sp³-hybridized carbons (Fsp3) is 0.750. The molecule has 1 aliphatic rings. The molecule has 1 unspecified atom stereocenters. The molecule has 104 valence electrons. The minimum Gasteiger partial charge on any atom is -0.402 e. The molecule has 1 heterocycles. The Hall–Kier alpha value is -0.760. The highest BCUT2D eigenvalue weighted by Crippen LogP contribution is 2.34. The van der Waals surface area contributed by atoms with Crippen molar-refractivity contribution in [1.82, 2.24) is 4.90 Å². The minimum atomic E-state index is 0.290. The van der Waals surface area contributed by atoms with Crippen molar-refractivity contribution in [3.05, 3.63) is 22.9 Å². The molecule has 0 saturated heterocycles. The Morgan fingerprint density at radius 1 is 1.39 bits per heavy atom. The van der Waals surface area contributed by atoms with Crippen molar-refractivity contribution in [2.24, 2.45) is 11.7 Å². The van der Waals surface area contributed by atoms with Crippen molar-refractivity contribution < 1.29 is 0 Å². The Bertz CT molecular complexity index is 348. The second-order valence-corrected chi connectivity index (χ2v) is 6.09. The predicted molar refractivity (Wildman–Crippen MR) is 80.4 cm³/mol. The highest BCUT2D eigenvalue weighted by atomic mass is 15.2. The lowest BCUT2D eigenvalue weighted by molar-refractivity contribution is 0.0835. The van der Waals surface area contributed by atoms with Crippen LogP contribution in [-0.2, 0) is 0 Å². The Labute approximate surface area is 113 Å². The van der Waals surface area contributed by atoms with Crippen molar-refractivity contribution >= 4 is 0 Å². The van der Waals surface area contributed by atoms with E-state index >= 15 is 0 Å². The number of hydrogen-bond donors (Lipinski definition) is 1. The van der Waals surface area contributed by atoms with Crippen LogP contribution in [-0.4, -0.2) is 23.5 Å². The smallest absolute Gasteiger partial charge is 0.0243 e. The molecule has 2 nitrogen and oxygen atoms in total. The normalized spacial score (nSPS) is 21.8. The van der Waals surface area contributed by atoms with Gasteiger partial charge in [-0.05, 0) is 44.3 Å². The molecule has 2 N–H and O–H groups in total. The van der Waals surface area contributed by atoms with Gasteiger partial charge in [-0.3, -0.25) is 4.90 Å². The van der Waals surface area contributed by atoms with Gasteiger partial charge in [-0.25, -0.2) is 0 Å². The summed E-state index contributed by atoms with van der Waals surface area (Å²) in [5, 5.41) is 0. The zero-order valence-corrected chi connectivity index (χ0v) is 13.0. The summed E-state index contributed by atoms with van der Waals surface area (Å²) in [6.07, 6.45) is 4.49. The summed E-state index contributed by atoms with van der Waals surface area (Å²) in [6, 6.07) is 0. The van der Waals surface area contributed by atoms with E-state index in [9.17, 15) is 0 Å². The molecule has 0 aromatic heterocycles. The van der Waals surface area contributed by atoms with E-state index in [1.807, 2.05) is 6.92 Å². The Morgan fingerprint density at radius 2 is 2.00 bits per heavy atom. The fourth-order valence-electron chi connectivity index (χ4n) is 2.82. The molecule has 1 aliphatic heterocycles. The molecule has 0 aromatic carbocycles. The second kappa shape index (κ2) is 5.92. The molecule has 1 atom stereocenters. The summed E-state index contributed by atoms with van der Waals surface area (Å²) in [5.74, 6) is 0.669. The molecule has 0 saturated carbocycles. The molecule has 0 bridgehead atoms. The van der Waals surface area contributed by atoms with Crippen molar-refractivity contribution in [3.8, 4) is 0 Å². The van der Waals surface area contributed by atoms with Gasteiger partial charge in [0, 0.05) is 24.3 Å². The maximum atomic E-state index is 5.84. The van der Waals surface area contributed by atoms with Crippen LogP contribution in [0.25, 0.3) is 0 Å². The van der Waals surface area contributed by atoms with E-state index in [-0.39, 0.29) is 0 Å². The highest BCUT2D eigenvalue weighted by molar-refractivity contribution is 5.34. The number of rotatable bonds is 5. The van der Waals surface area contributed by atoms with Gasteiger partial charge in [-0.2, -0.15) is 0 Å². The summed E-state index contributed by atoms with van der Waals surface area (Å²) >= 11 is 0. The van der Waals surface area contributed by atoms with Gasteiger partial charge in [0.1, 0.15) is 0 Å². The van der Waals surface area contributed by atoms with Crippen molar-refractivity contribution in [2.75, 3.05) is 13.1 Å². The molecule has 0 spiro atoms. The summed E-state index contributed by atoms with van der Waals surface area (Å²) in [5.41, 5.74) is 10.0. The van der Waals surface area contributed by atoms with Crippen molar-refractivity contribution in [2.45, 2.75) is 59.9 Å². The van der Waals surface area contributed by atoms with Gasteiger partial charge < -0.3 is 5.73 Å². The molecular weight excluding hydrogens is 220 g/mol. The SMILES string of the molecule is CCC1=C(/C=C(/C)N)CN(C(C)(CC)C(C)C)C1.